The highest BCUT2D eigenvalue weighted by atomic mass is 32.1. The molecule has 7 heteroatoms. The van der Waals surface area contributed by atoms with Crippen molar-refractivity contribution in [2.75, 3.05) is 6.54 Å². The van der Waals surface area contributed by atoms with Crippen LogP contribution in [0.1, 0.15) is 35.4 Å². The van der Waals surface area contributed by atoms with Gasteiger partial charge in [0.15, 0.2) is 0 Å². The van der Waals surface area contributed by atoms with E-state index < -0.39 is 5.92 Å². The van der Waals surface area contributed by atoms with Gasteiger partial charge in [0.1, 0.15) is 4.88 Å². The molecule has 0 saturated heterocycles. The molecule has 1 aliphatic rings. The molecule has 0 unspecified atom stereocenters. The summed E-state index contributed by atoms with van der Waals surface area (Å²) in [6.07, 6.45) is 2.18. The molecular weight excluding hydrogens is 248 g/mol. The summed E-state index contributed by atoms with van der Waals surface area (Å²) >= 11 is 1.02. The van der Waals surface area contributed by atoms with Crippen molar-refractivity contribution in [3.05, 3.63) is 11.1 Å². The van der Waals surface area contributed by atoms with Crippen LogP contribution in [0, 0.1) is 5.92 Å². The molecule has 1 heterocycles. The van der Waals surface area contributed by atoms with Gasteiger partial charge in [0, 0.05) is 19.4 Å². The van der Waals surface area contributed by atoms with Gasteiger partial charge < -0.3 is 5.32 Å². The first kappa shape index (κ1) is 12.3. The van der Waals surface area contributed by atoms with Gasteiger partial charge in [-0.15, -0.1) is 5.10 Å². The minimum Gasteiger partial charge on any atom is -0.351 e. The molecule has 2 rings (SSSR count). The minimum absolute atomic E-state index is 0.0738. The Morgan fingerprint density at radius 2 is 2.24 bits per heavy atom. The van der Waals surface area contributed by atoms with Crippen LogP contribution in [0.2, 0.25) is 0 Å². The van der Waals surface area contributed by atoms with Crippen LogP contribution in [0.5, 0.6) is 0 Å². The molecule has 0 spiro atoms. The van der Waals surface area contributed by atoms with Crippen molar-refractivity contribution in [3.8, 4) is 0 Å². The maximum atomic E-state index is 12.9. The van der Waals surface area contributed by atoms with Gasteiger partial charge in [-0.2, -0.15) is 0 Å². The first-order valence-corrected chi connectivity index (χ1v) is 6.27. The van der Waals surface area contributed by atoms with E-state index in [1.54, 1.807) is 0 Å². The van der Waals surface area contributed by atoms with Gasteiger partial charge >= 0.3 is 0 Å². The van der Waals surface area contributed by atoms with E-state index in [1.165, 1.54) is 6.20 Å². The lowest BCUT2D eigenvalue weighted by molar-refractivity contribution is -0.0452. The zero-order chi connectivity index (χ0) is 12.3. The van der Waals surface area contributed by atoms with E-state index in [2.05, 4.69) is 14.9 Å². The molecule has 0 radical (unpaired) electrons. The molecule has 0 aliphatic heterocycles. The summed E-state index contributed by atoms with van der Waals surface area (Å²) in [6, 6.07) is 0. The lowest BCUT2D eigenvalue weighted by atomic mass is 9.87. The monoisotopic (exact) mass is 261 g/mol. The van der Waals surface area contributed by atoms with E-state index in [0.29, 0.717) is 24.3 Å². The van der Waals surface area contributed by atoms with Crippen molar-refractivity contribution in [3.63, 3.8) is 0 Å². The fourth-order valence-corrected chi connectivity index (χ4v) is 2.33. The molecule has 1 saturated carbocycles. The van der Waals surface area contributed by atoms with Crippen molar-refractivity contribution in [2.24, 2.45) is 5.92 Å². The van der Waals surface area contributed by atoms with Crippen LogP contribution in [0.25, 0.3) is 0 Å². The Labute approximate surface area is 102 Å². The number of nitrogens with one attached hydrogen (secondary N) is 1. The molecule has 17 heavy (non-hydrogen) atoms. The number of alkyl halides is 2. The molecule has 1 aromatic rings. The van der Waals surface area contributed by atoms with E-state index in [0.717, 1.165) is 11.5 Å². The lowest BCUT2D eigenvalue weighted by Gasteiger charge is -2.28. The van der Waals surface area contributed by atoms with Gasteiger partial charge in [-0.05, 0) is 30.3 Å². The van der Waals surface area contributed by atoms with E-state index in [4.69, 9.17) is 0 Å². The average molecular weight is 261 g/mol. The highest BCUT2D eigenvalue weighted by Gasteiger charge is 2.34. The van der Waals surface area contributed by atoms with Crippen LogP contribution in [0.4, 0.5) is 8.78 Å². The Balaban J connectivity index is 1.75. The number of hydrogen-bond donors (Lipinski definition) is 1. The Kier molecular flexibility index (Phi) is 3.66. The smallest absolute Gasteiger partial charge is 0.264 e. The number of nitrogens with zero attached hydrogens (tertiary/aromatic N) is 2. The van der Waals surface area contributed by atoms with Crippen molar-refractivity contribution in [1.29, 1.82) is 0 Å². The number of carbonyl (C=O) groups is 1. The molecule has 1 aromatic heterocycles. The van der Waals surface area contributed by atoms with Crippen molar-refractivity contribution in [2.45, 2.75) is 31.6 Å². The van der Waals surface area contributed by atoms with Crippen molar-refractivity contribution >= 4 is 17.4 Å². The SMILES string of the molecule is O=C(NCC1CCC(F)(F)CC1)c1cnns1. The summed E-state index contributed by atoms with van der Waals surface area (Å²) in [6.45, 7) is 0.451. The lowest BCUT2D eigenvalue weighted by Crippen LogP contribution is -2.33. The third-order valence-corrected chi connectivity index (χ3v) is 3.64. The summed E-state index contributed by atoms with van der Waals surface area (Å²) in [5.74, 6) is -2.58. The standard InChI is InChI=1S/C10H13F2N3OS/c11-10(12)3-1-7(2-4-10)5-13-9(16)8-6-14-15-17-8/h6-7H,1-5H2,(H,13,16). The number of carbonyl (C=O) groups excluding carboxylic acids is 1. The Hall–Kier alpha value is -1.11. The van der Waals surface area contributed by atoms with Crippen LogP contribution < -0.4 is 5.32 Å². The molecule has 0 atom stereocenters. The third-order valence-electron chi connectivity index (χ3n) is 2.97. The Morgan fingerprint density at radius 1 is 1.53 bits per heavy atom. The highest BCUT2D eigenvalue weighted by molar-refractivity contribution is 7.07. The van der Waals surface area contributed by atoms with Crippen LogP contribution >= 0.6 is 11.5 Å². The topological polar surface area (TPSA) is 54.9 Å². The van der Waals surface area contributed by atoms with E-state index in [1.807, 2.05) is 0 Å². The molecule has 1 aliphatic carbocycles. The van der Waals surface area contributed by atoms with Crippen molar-refractivity contribution in [1.82, 2.24) is 14.9 Å². The molecular formula is C10H13F2N3OS. The zero-order valence-electron chi connectivity index (χ0n) is 9.16. The van der Waals surface area contributed by atoms with Gasteiger partial charge in [-0.25, -0.2) is 8.78 Å². The van der Waals surface area contributed by atoms with E-state index in [9.17, 15) is 13.6 Å². The first-order valence-electron chi connectivity index (χ1n) is 5.50. The second-order valence-corrected chi connectivity index (χ2v) is 5.08. The number of hydrogen-bond acceptors (Lipinski definition) is 4. The molecule has 94 valence electrons. The maximum absolute atomic E-state index is 12.9. The van der Waals surface area contributed by atoms with Crippen molar-refractivity contribution < 1.29 is 13.6 Å². The molecule has 0 bridgehead atoms. The maximum Gasteiger partial charge on any atom is 0.264 e. The quantitative estimate of drug-likeness (QED) is 0.906. The summed E-state index contributed by atoms with van der Waals surface area (Å²) in [7, 11) is 0. The molecule has 4 nitrogen and oxygen atoms in total. The Bertz CT molecular complexity index is 373. The number of rotatable bonds is 3. The zero-order valence-corrected chi connectivity index (χ0v) is 9.97. The fourth-order valence-electron chi connectivity index (χ4n) is 1.90. The Morgan fingerprint density at radius 3 is 2.82 bits per heavy atom. The van der Waals surface area contributed by atoms with Gasteiger partial charge in [-0.3, -0.25) is 4.79 Å². The summed E-state index contributed by atoms with van der Waals surface area (Å²) in [5.41, 5.74) is 0. The molecule has 1 fully saturated rings. The van der Waals surface area contributed by atoms with Crippen LogP contribution in [0.3, 0.4) is 0 Å². The predicted octanol–water partition coefficient (Wildman–Crippen LogP) is 2.09. The van der Waals surface area contributed by atoms with Gasteiger partial charge in [0.25, 0.3) is 5.91 Å². The normalized spacial score (nSPS) is 20.1. The second kappa shape index (κ2) is 5.03. The molecule has 1 N–H and O–H groups in total. The van der Waals surface area contributed by atoms with Crippen LogP contribution in [-0.4, -0.2) is 28.0 Å². The van der Waals surface area contributed by atoms with Gasteiger partial charge in [0.05, 0.1) is 6.20 Å². The predicted molar refractivity (Wildman–Crippen MR) is 59.1 cm³/mol. The third kappa shape index (κ3) is 3.42. The van der Waals surface area contributed by atoms with E-state index >= 15 is 0 Å². The minimum atomic E-state index is -2.51. The summed E-state index contributed by atoms with van der Waals surface area (Å²) in [4.78, 5) is 12.0. The summed E-state index contributed by atoms with van der Waals surface area (Å²) < 4.78 is 29.4. The highest BCUT2D eigenvalue weighted by Crippen LogP contribution is 2.35. The van der Waals surface area contributed by atoms with Crippen LogP contribution in [-0.2, 0) is 0 Å². The number of halogens is 2. The van der Waals surface area contributed by atoms with E-state index in [-0.39, 0.29) is 24.7 Å². The van der Waals surface area contributed by atoms with Gasteiger partial charge in [0.2, 0.25) is 5.92 Å². The van der Waals surface area contributed by atoms with Gasteiger partial charge in [-0.1, -0.05) is 4.49 Å². The second-order valence-electron chi connectivity index (χ2n) is 4.29. The van der Waals surface area contributed by atoms with Crippen LogP contribution in [0.15, 0.2) is 6.20 Å². The molecule has 1 amide bonds. The first-order chi connectivity index (χ1) is 8.07. The number of amides is 1. The molecule has 0 aromatic carbocycles. The average Bonchev–Trinajstić information content (AvgIpc) is 2.80. The number of aromatic nitrogens is 2. The largest absolute Gasteiger partial charge is 0.351 e. The fraction of sp³-hybridized carbons (Fsp3) is 0.700. The summed E-state index contributed by atoms with van der Waals surface area (Å²) in [5, 5.41) is 6.29.